The minimum atomic E-state index is -0.690. The molecule has 0 saturated heterocycles. The van der Waals surface area contributed by atoms with Crippen LogP contribution in [0.3, 0.4) is 0 Å². The van der Waals surface area contributed by atoms with Gasteiger partial charge in [0.2, 0.25) is 0 Å². The van der Waals surface area contributed by atoms with Crippen molar-refractivity contribution in [2.45, 2.75) is 0 Å². The third kappa shape index (κ3) is 4.23. The fraction of sp³-hybridized carbons (Fsp3) is 0.222. The summed E-state index contributed by atoms with van der Waals surface area (Å²) >= 11 is 5.63. The first-order chi connectivity index (χ1) is 8.00. The van der Waals surface area contributed by atoms with E-state index in [2.05, 4.69) is 15.6 Å². The Labute approximate surface area is 101 Å². The zero-order valence-corrected chi connectivity index (χ0v) is 9.42. The van der Waals surface area contributed by atoms with E-state index in [1.165, 1.54) is 0 Å². The Kier molecular flexibility index (Phi) is 4.65. The molecule has 3 amide bonds. The summed E-state index contributed by atoms with van der Waals surface area (Å²) in [4.78, 5) is 25.3. The summed E-state index contributed by atoms with van der Waals surface area (Å²) < 4.78 is 12.8. The van der Waals surface area contributed by atoms with E-state index in [0.29, 0.717) is 0 Å². The highest BCUT2D eigenvalue weighted by molar-refractivity contribution is 6.32. The van der Waals surface area contributed by atoms with Crippen molar-refractivity contribution in [2.24, 2.45) is 5.73 Å². The Morgan fingerprint density at radius 2 is 2.06 bits per heavy atom. The lowest BCUT2D eigenvalue weighted by molar-refractivity contribution is 0.0953. The van der Waals surface area contributed by atoms with E-state index in [1.807, 2.05) is 0 Å². The van der Waals surface area contributed by atoms with E-state index in [-0.39, 0.29) is 23.8 Å². The summed E-state index contributed by atoms with van der Waals surface area (Å²) in [5.41, 5.74) is 4.76. The predicted molar refractivity (Wildman–Crippen MR) is 59.1 cm³/mol. The molecule has 1 aromatic rings. The number of urea groups is 1. The molecule has 8 heteroatoms. The Morgan fingerprint density at radius 3 is 2.71 bits per heavy atom. The maximum Gasteiger partial charge on any atom is 0.312 e. The number of hydrogen-bond acceptors (Lipinski definition) is 3. The summed E-state index contributed by atoms with van der Waals surface area (Å²) in [7, 11) is 0. The summed E-state index contributed by atoms with van der Waals surface area (Å²) in [5.74, 6) is -1.23. The van der Waals surface area contributed by atoms with E-state index in [1.54, 1.807) is 0 Å². The molecule has 1 rings (SSSR count). The Balaban J connectivity index is 2.52. The molecular formula is C9H10ClFN4O2. The van der Waals surface area contributed by atoms with Crippen molar-refractivity contribution < 1.29 is 14.0 Å². The fourth-order valence-corrected chi connectivity index (χ4v) is 1.23. The number of carbonyl (C=O) groups is 2. The Hall–Kier alpha value is -1.89. The number of rotatable bonds is 4. The largest absolute Gasteiger partial charge is 0.352 e. The lowest BCUT2D eigenvalue weighted by atomic mass is 10.2. The second kappa shape index (κ2) is 6.00. The van der Waals surface area contributed by atoms with Crippen LogP contribution in [0.4, 0.5) is 9.18 Å². The second-order valence-corrected chi connectivity index (χ2v) is 3.40. The van der Waals surface area contributed by atoms with Crippen LogP contribution in [0.15, 0.2) is 12.3 Å². The van der Waals surface area contributed by atoms with Crippen molar-refractivity contribution in [2.75, 3.05) is 13.1 Å². The van der Waals surface area contributed by atoms with Gasteiger partial charge in [0.25, 0.3) is 5.91 Å². The van der Waals surface area contributed by atoms with Gasteiger partial charge in [0.1, 0.15) is 11.0 Å². The molecule has 6 nitrogen and oxygen atoms in total. The van der Waals surface area contributed by atoms with Gasteiger partial charge in [-0.3, -0.25) is 4.79 Å². The van der Waals surface area contributed by atoms with Crippen LogP contribution in [0.25, 0.3) is 0 Å². The molecule has 0 aromatic carbocycles. The van der Waals surface area contributed by atoms with Crippen LogP contribution < -0.4 is 16.4 Å². The van der Waals surface area contributed by atoms with Crippen LogP contribution in [0, 0.1) is 5.82 Å². The minimum absolute atomic E-state index is 0.0641. The fourth-order valence-electron chi connectivity index (χ4n) is 1.04. The van der Waals surface area contributed by atoms with Crippen LogP contribution in [0.5, 0.6) is 0 Å². The molecule has 0 radical (unpaired) electrons. The van der Waals surface area contributed by atoms with E-state index >= 15 is 0 Å². The molecule has 0 atom stereocenters. The van der Waals surface area contributed by atoms with E-state index in [9.17, 15) is 14.0 Å². The first-order valence-electron chi connectivity index (χ1n) is 4.63. The zero-order chi connectivity index (χ0) is 12.8. The van der Waals surface area contributed by atoms with Crippen molar-refractivity contribution in [1.82, 2.24) is 15.6 Å². The van der Waals surface area contributed by atoms with Gasteiger partial charge in [-0.05, 0) is 6.07 Å². The van der Waals surface area contributed by atoms with Crippen LogP contribution in [0.1, 0.15) is 10.4 Å². The molecule has 0 spiro atoms. The lowest BCUT2D eigenvalue weighted by Crippen LogP contribution is -2.37. The van der Waals surface area contributed by atoms with Crippen LogP contribution >= 0.6 is 11.6 Å². The highest BCUT2D eigenvalue weighted by Crippen LogP contribution is 2.13. The Morgan fingerprint density at radius 1 is 1.41 bits per heavy atom. The van der Waals surface area contributed by atoms with Crippen molar-refractivity contribution in [3.8, 4) is 0 Å². The average molecular weight is 261 g/mol. The summed E-state index contributed by atoms with van der Waals surface area (Å²) in [6.45, 7) is 0.316. The maximum atomic E-state index is 12.8. The average Bonchev–Trinajstić information content (AvgIpc) is 2.27. The van der Waals surface area contributed by atoms with Gasteiger partial charge in [0, 0.05) is 13.1 Å². The van der Waals surface area contributed by atoms with Crippen LogP contribution in [0.2, 0.25) is 5.15 Å². The number of nitrogens with one attached hydrogen (secondary N) is 2. The van der Waals surface area contributed by atoms with Crippen molar-refractivity contribution in [1.29, 1.82) is 0 Å². The SMILES string of the molecule is NC(=O)NCCNC(=O)c1cc(F)cnc1Cl. The topological polar surface area (TPSA) is 97.1 Å². The Bertz CT molecular complexity index is 441. The molecule has 0 aliphatic rings. The monoisotopic (exact) mass is 260 g/mol. The molecule has 0 saturated carbocycles. The number of carbonyl (C=O) groups excluding carboxylic acids is 2. The number of hydrogen-bond donors (Lipinski definition) is 3. The zero-order valence-electron chi connectivity index (χ0n) is 8.67. The van der Waals surface area contributed by atoms with Gasteiger partial charge in [-0.1, -0.05) is 11.6 Å². The van der Waals surface area contributed by atoms with E-state index in [0.717, 1.165) is 12.3 Å². The maximum absolute atomic E-state index is 12.8. The number of nitrogens with zero attached hydrogens (tertiary/aromatic N) is 1. The molecule has 0 fully saturated rings. The van der Waals surface area contributed by atoms with Crippen molar-refractivity contribution in [3.05, 3.63) is 28.8 Å². The van der Waals surface area contributed by atoms with Gasteiger partial charge >= 0.3 is 6.03 Å². The van der Waals surface area contributed by atoms with Gasteiger partial charge < -0.3 is 16.4 Å². The number of pyridine rings is 1. The number of primary amides is 1. The third-order valence-corrected chi connectivity index (χ3v) is 2.06. The van der Waals surface area contributed by atoms with E-state index < -0.39 is 17.8 Å². The third-order valence-electron chi connectivity index (χ3n) is 1.76. The molecule has 0 bridgehead atoms. The molecule has 0 unspecified atom stereocenters. The second-order valence-electron chi connectivity index (χ2n) is 3.04. The van der Waals surface area contributed by atoms with Crippen molar-refractivity contribution in [3.63, 3.8) is 0 Å². The minimum Gasteiger partial charge on any atom is -0.352 e. The van der Waals surface area contributed by atoms with Gasteiger partial charge in [0.15, 0.2) is 0 Å². The highest BCUT2D eigenvalue weighted by Gasteiger charge is 2.11. The molecule has 92 valence electrons. The first kappa shape index (κ1) is 13.2. The molecule has 1 heterocycles. The molecule has 4 N–H and O–H groups in total. The summed E-state index contributed by atoms with van der Waals surface area (Å²) in [6, 6.07) is 0.288. The number of amides is 3. The smallest absolute Gasteiger partial charge is 0.312 e. The van der Waals surface area contributed by atoms with Gasteiger partial charge in [-0.15, -0.1) is 0 Å². The lowest BCUT2D eigenvalue weighted by Gasteiger charge is -2.06. The quantitative estimate of drug-likeness (QED) is 0.535. The highest BCUT2D eigenvalue weighted by atomic mass is 35.5. The normalized spacial score (nSPS) is 9.76. The first-order valence-corrected chi connectivity index (χ1v) is 5.01. The molecule has 0 aliphatic heterocycles. The standard InChI is InChI=1S/C9H10ClFN4O2/c10-7-6(3-5(11)4-15-7)8(16)13-1-2-14-9(12)17/h3-4H,1-2H2,(H,13,16)(H3,12,14,17). The number of nitrogens with two attached hydrogens (primary N) is 1. The summed E-state index contributed by atoms with van der Waals surface area (Å²) in [6.07, 6.45) is 0.910. The van der Waals surface area contributed by atoms with Gasteiger partial charge in [-0.2, -0.15) is 0 Å². The molecular weight excluding hydrogens is 251 g/mol. The van der Waals surface area contributed by atoms with Gasteiger partial charge in [-0.25, -0.2) is 14.2 Å². The van der Waals surface area contributed by atoms with E-state index in [4.69, 9.17) is 17.3 Å². The molecule has 17 heavy (non-hydrogen) atoms. The van der Waals surface area contributed by atoms with Crippen LogP contribution in [-0.4, -0.2) is 30.0 Å². The van der Waals surface area contributed by atoms with Gasteiger partial charge in [0.05, 0.1) is 11.8 Å². The molecule has 1 aromatic heterocycles. The predicted octanol–water partition coefficient (Wildman–Crippen LogP) is 0.272. The summed E-state index contributed by atoms with van der Waals surface area (Å²) in [5, 5.41) is 4.61. The molecule has 0 aliphatic carbocycles. The number of aromatic nitrogens is 1. The van der Waals surface area contributed by atoms with Crippen molar-refractivity contribution >= 4 is 23.5 Å². The number of halogens is 2. The van der Waals surface area contributed by atoms with Crippen LogP contribution in [-0.2, 0) is 0 Å².